The van der Waals surface area contributed by atoms with E-state index in [9.17, 15) is 9.18 Å². The minimum atomic E-state index is -0.448. The Morgan fingerprint density at radius 1 is 1.26 bits per heavy atom. The van der Waals surface area contributed by atoms with E-state index >= 15 is 0 Å². The predicted molar refractivity (Wildman–Crippen MR) is 96.4 cm³/mol. The van der Waals surface area contributed by atoms with Gasteiger partial charge in [-0.1, -0.05) is 11.6 Å². The van der Waals surface area contributed by atoms with Gasteiger partial charge < -0.3 is 4.74 Å². The van der Waals surface area contributed by atoms with Crippen molar-refractivity contribution in [2.24, 2.45) is 0 Å². The van der Waals surface area contributed by atoms with Crippen molar-refractivity contribution in [2.75, 3.05) is 11.4 Å². The molecule has 3 aromatic heterocycles. The zero-order valence-corrected chi connectivity index (χ0v) is 15.1. The molecule has 9 heteroatoms. The van der Waals surface area contributed by atoms with Crippen molar-refractivity contribution < 1.29 is 13.9 Å². The van der Waals surface area contributed by atoms with E-state index in [0.29, 0.717) is 34.7 Å². The summed E-state index contributed by atoms with van der Waals surface area (Å²) in [7, 11) is 0. The van der Waals surface area contributed by atoms with Gasteiger partial charge in [-0.15, -0.1) is 0 Å². The Morgan fingerprint density at radius 2 is 2.11 bits per heavy atom. The number of rotatable bonds is 4. The maximum absolute atomic E-state index is 13.1. The second-order valence-corrected chi connectivity index (χ2v) is 6.60. The molecule has 0 saturated heterocycles. The van der Waals surface area contributed by atoms with Gasteiger partial charge in [-0.05, 0) is 31.2 Å². The number of halogens is 2. The van der Waals surface area contributed by atoms with E-state index in [4.69, 9.17) is 16.3 Å². The Hall–Kier alpha value is -3.00. The van der Waals surface area contributed by atoms with Crippen LogP contribution in [0.5, 0.6) is 5.88 Å². The molecular formula is C18H15ClFN5O2. The quantitative estimate of drug-likeness (QED) is 0.687. The fourth-order valence-corrected chi connectivity index (χ4v) is 3.01. The molecule has 1 aliphatic heterocycles. The molecule has 0 N–H and O–H groups in total. The second kappa shape index (κ2) is 6.96. The minimum absolute atomic E-state index is 0.0630. The highest BCUT2D eigenvalue weighted by molar-refractivity contribution is 6.30. The van der Waals surface area contributed by atoms with Gasteiger partial charge in [0.15, 0.2) is 0 Å². The van der Waals surface area contributed by atoms with Crippen LogP contribution < -0.4 is 9.64 Å². The summed E-state index contributed by atoms with van der Waals surface area (Å²) in [5.74, 6) is 0.137. The second-order valence-electron chi connectivity index (χ2n) is 6.17. The summed E-state index contributed by atoms with van der Waals surface area (Å²) >= 11 is 5.80. The summed E-state index contributed by atoms with van der Waals surface area (Å²) in [6.45, 7) is 2.51. The van der Waals surface area contributed by atoms with Gasteiger partial charge in [-0.25, -0.2) is 14.4 Å². The molecule has 1 atom stereocenters. The van der Waals surface area contributed by atoms with Crippen molar-refractivity contribution in [3.8, 4) is 5.88 Å². The van der Waals surface area contributed by atoms with Crippen LogP contribution in [0.4, 0.5) is 10.2 Å². The summed E-state index contributed by atoms with van der Waals surface area (Å²) in [5.41, 5.74) is 1.04. The van der Waals surface area contributed by atoms with Crippen molar-refractivity contribution in [3.05, 3.63) is 65.0 Å². The van der Waals surface area contributed by atoms with Crippen LogP contribution in [0, 0.1) is 5.82 Å². The number of amides is 1. The molecule has 1 aliphatic rings. The summed E-state index contributed by atoms with van der Waals surface area (Å²) < 4.78 is 20.4. The highest BCUT2D eigenvalue weighted by Gasteiger charge is 2.32. The first-order valence-electron chi connectivity index (χ1n) is 8.27. The zero-order chi connectivity index (χ0) is 19.0. The number of ether oxygens (including phenoxy) is 1. The molecule has 0 saturated carbocycles. The molecule has 0 bridgehead atoms. The summed E-state index contributed by atoms with van der Waals surface area (Å²) in [5, 5.41) is 4.99. The third-order valence-electron chi connectivity index (χ3n) is 4.17. The number of carbonyl (C=O) groups is 1. The van der Waals surface area contributed by atoms with Crippen LogP contribution in [0.25, 0.3) is 0 Å². The molecule has 3 aromatic rings. The lowest BCUT2D eigenvalue weighted by Crippen LogP contribution is -2.42. The highest BCUT2D eigenvalue weighted by atomic mass is 35.5. The van der Waals surface area contributed by atoms with Crippen LogP contribution in [0.15, 0.2) is 42.7 Å². The summed E-state index contributed by atoms with van der Waals surface area (Å²) in [6, 6.07) is 7.74. The maximum atomic E-state index is 13.1. The third kappa shape index (κ3) is 3.48. The van der Waals surface area contributed by atoms with E-state index in [-0.39, 0.29) is 18.6 Å². The minimum Gasteiger partial charge on any atom is -0.471 e. The van der Waals surface area contributed by atoms with Gasteiger partial charge in [-0.3, -0.25) is 14.4 Å². The number of carbonyl (C=O) groups excluding carboxylic acids is 1. The molecule has 4 rings (SSSR count). The van der Waals surface area contributed by atoms with E-state index in [1.165, 1.54) is 23.2 Å². The molecule has 0 radical (unpaired) electrons. The number of nitrogens with zero attached hydrogens (tertiary/aromatic N) is 5. The lowest BCUT2D eigenvalue weighted by molar-refractivity contribution is 0.0952. The van der Waals surface area contributed by atoms with Crippen LogP contribution in [-0.2, 0) is 6.61 Å². The smallest absolute Gasteiger partial charge is 0.277 e. The Balaban J connectivity index is 1.54. The van der Waals surface area contributed by atoms with E-state index in [0.717, 1.165) is 6.20 Å². The Bertz CT molecular complexity index is 974. The average molecular weight is 388 g/mol. The Morgan fingerprint density at radius 3 is 2.81 bits per heavy atom. The van der Waals surface area contributed by atoms with E-state index in [1.807, 2.05) is 6.92 Å². The molecule has 0 fully saturated rings. The first-order valence-corrected chi connectivity index (χ1v) is 8.65. The van der Waals surface area contributed by atoms with Gasteiger partial charge in [0.25, 0.3) is 5.91 Å². The van der Waals surface area contributed by atoms with Crippen molar-refractivity contribution in [1.82, 2.24) is 19.7 Å². The number of fused-ring (bicyclic) bond motifs is 1. The van der Waals surface area contributed by atoms with Crippen LogP contribution in [-0.4, -0.2) is 32.2 Å². The number of hydrogen-bond donors (Lipinski definition) is 0. The van der Waals surface area contributed by atoms with E-state index in [2.05, 4.69) is 15.1 Å². The number of hydrogen-bond acceptors (Lipinski definition) is 5. The molecule has 138 valence electrons. The van der Waals surface area contributed by atoms with Gasteiger partial charge in [0.2, 0.25) is 5.88 Å². The fraction of sp³-hybridized carbons (Fsp3) is 0.222. The third-order valence-corrected chi connectivity index (χ3v) is 4.39. The largest absolute Gasteiger partial charge is 0.471 e. The van der Waals surface area contributed by atoms with Gasteiger partial charge in [-0.2, -0.15) is 5.10 Å². The van der Waals surface area contributed by atoms with Gasteiger partial charge in [0.1, 0.15) is 29.6 Å². The van der Waals surface area contributed by atoms with Crippen molar-refractivity contribution in [3.63, 3.8) is 0 Å². The molecule has 0 unspecified atom stereocenters. The molecule has 0 spiro atoms. The predicted octanol–water partition coefficient (Wildman–Crippen LogP) is 3.27. The number of pyridine rings is 2. The van der Waals surface area contributed by atoms with Gasteiger partial charge >= 0.3 is 0 Å². The number of aromatic nitrogens is 4. The fourth-order valence-electron chi connectivity index (χ4n) is 2.89. The lowest BCUT2D eigenvalue weighted by atomic mass is 10.2. The Kier molecular flexibility index (Phi) is 4.49. The molecule has 7 nitrogen and oxygen atoms in total. The van der Waals surface area contributed by atoms with Crippen molar-refractivity contribution in [2.45, 2.75) is 19.6 Å². The van der Waals surface area contributed by atoms with Crippen LogP contribution in [0.3, 0.4) is 0 Å². The Labute approximate surface area is 159 Å². The van der Waals surface area contributed by atoms with Crippen LogP contribution in [0.1, 0.15) is 29.1 Å². The summed E-state index contributed by atoms with van der Waals surface area (Å²) in [4.78, 5) is 22.4. The molecule has 27 heavy (non-hydrogen) atoms. The zero-order valence-electron chi connectivity index (χ0n) is 14.3. The molecular weight excluding hydrogens is 373 g/mol. The van der Waals surface area contributed by atoms with Crippen LogP contribution >= 0.6 is 11.6 Å². The molecule has 0 aromatic carbocycles. The molecule has 4 heterocycles. The number of anilines is 1. The van der Waals surface area contributed by atoms with Gasteiger partial charge in [0.05, 0.1) is 17.3 Å². The SMILES string of the molecule is C[C@@H]1CN(c2ccc(F)cn2)C(=O)c2cc(COc3ccc(Cl)cn3)nn21. The highest BCUT2D eigenvalue weighted by Crippen LogP contribution is 2.25. The topological polar surface area (TPSA) is 73.1 Å². The molecule has 0 aliphatic carbocycles. The summed E-state index contributed by atoms with van der Waals surface area (Å²) in [6.07, 6.45) is 2.59. The van der Waals surface area contributed by atoms with Crippen molar-refractivity contribution in [1.29, 1.82) is 0 Å². The normalized spacial score (nSPS) is 16.3. The van der Waals surface area contributed by atoms with Crippen molar-refractivity contribution >= 4 is 23.3 Å². The monoisotopic (exact) mass is 387 g/mol. The van der Waals surface area contributed by atoms with E-state index in [1.54, 1.807) is 22.9 Å². The van der Waals surface area contributed by atoms with E-state index < -0.39 is 5.82 Å². The van der Waals surface area contributed by atoms with Crippen LogP contribution in [0.2, 0.25) is 5.02 Å². The first kappa shape index (κ1) is 17.4. The standard InChI is InChI=1S/C18H15ClFN5O2/c1-11-9-24(16-4-3-13(20)8-21-16)18(26)15-6-14(23-25(11)15)10-27-17-5-2-12(19)7-22-17/h2-8,11H,9-10H2,1H3/t11-/m1/s1. The molecule has 1 amide bonds. The van der Waals surface area contributed by atoms with Gasteiger partial charge in [0, 0.05) is 18.8 Å². The average Bonchev–Trinajstić information content (AvgIpc) is 3.10. The lowest BCUT2D eigenvalue weighted by Gasteiger charge is -2.30. The maximum Gasteiger partial charge on any atom is 0.277 e. The first-order chi connectivity index (χ1) is 13.0.